The predicted octanol–water partition coefficient (Wildman–Crippen LogP) is 1.18. The molecule has 0 spiro atoms. The van der Waals surface area contributed by atoms with Gasteiger partial charge in [0.25, 0.3) is 0 Å². The van der Waals surface area contributed by atoms with Gasteiger partial charge in [-0.25, -0.2) is 4.98 Å². The lowest BCUT2D eigenvalue weighted by atomic mass is 10.2. The highest BCUT2D eigenvalue weighted by Crippen LogP contribution is 2.18. The molecule has 0 bridgehead atoms. The number of H-pyrrole nitrogens is 1. The van der Waals surface area contributed by atoms with E-state index in [-0.39, 0.29) is 0 Å². The number of aryl methyl sites for hydroxylation is 1. The first-order valence-corrected chi connectivity index (χ1v) is 4.18. The smallest absolute Gasteiger partial charge is 0.216 e. The number of aromatic nitrogens is 4. The van der Waals surface area contributed by atoms with Crippen molar-refractivity contribution in [3.05, 3.63) is 24.3 Å². The van der Waals surface area contributed by atoms with Crippen molar-refractivity contribution < 1.29 is 4.74 Å². The van der Waals surface area contributed by atoms with Crippen molar-refractivity contribution in [1.82, 2.24) is 20.2 Å². The third-order valence-corrected chi connectivity index (χ3v) is 1.82. The normalized spacial score (nSPS) is 10.1. The molecule has 2 aromatic heterocycles. The molecule has 0 radical (unpaired) electrons. The van der Waals surface area contributed by atoms with Crippen molar-refractivity contribution >= 4 is 0 Å². The maximum atomic E-state index is 5.05. The van der Waals surface area contributed by atoms with Gasteiger partial charge in [-0.1, -0.05) is 0 Å². The quantitative estimate of drug-likeness (QED) is 0.772. The molecule has 0 unspecified atom stereocenters. The number of hydrogen-bond acceptors (Lipinski definition) is 4. The molecular weight excluding hydrogens is 180 g/mol. The van der Waals surface area contributed by atoms with Gasteiger partial charge in [-0.05, 0) is 6.92 Å². The van der Waals surface area contributed by atoms with E-state index < -0.39 is 0 Å². The lowest BCUT2D eigenvalue weighted by molar-refractivity contribution is 0.396. The van der Waals surface area contributed by atoms with Crippen LogP contribution in [0.4, 0.5) is 0 Å². The van der Waals surface area contributed by atoms with E-state index >= 15 is 0 Å². The second-order valence-electron chi connectivity index (χ2n) is 2.83. The Bertz CT molecular complexity index is 424. The Kier molecular flexibility index (Phi) is 2.14. The van der Waals surface area contributed by atoms with Crippen LogP contribution < -0.4 is 4.74 Å². The summed E-state index contributed by atoms with van der Waals surface area (Å²) < 4.78 is 5.05. The molecule has 2 heterocycles. The Balaban J connectivity index is 2.48. The highest BCUT2D eigenvalue weighted by molar-refractivity contribution is 5.57. The minimum Gasteiger partial charge on any atom is -0.481 e. The van der Waals surface area contributed by atoms with Gasteiger partial charge in [-0.3, -0.25) is 5.10 Å². The standard InChI is InChI=1S/C9H10N4O/c1-6-12-8(3-9(13-6)14-2)7-4-10-11-5-7/h3-5H,1-2H3,(H,10,11). The van der Waals surface area contributed by atoms with Gasteiger partial charge in [-0.15, -0.1) is 0 Å². The van der Waals surface area contributed by atoms with Crippen LogP contribution >= 0.6 is 0 Å². The first-order chi connectivity index (χ1) is 6.79. The fourth-order valence-electron chi connectivity index (χ4n) is 1.18. The molecule has 0 aliphatic heterocycles. The van der Waals surface area contributed by atoms with Gasteiger partial charge in [0.1, 0.15) is 5.82 Å². The molecule has 2 rings (SSSR count). The van der Waals surface area contributed by atoms with Crippen molar-refractivity contribution in [2.24, 2.45) is 0 Å². The summed E-state index contributed by atoms with van der Waals surface area (Å²) in [5.41, 5.74) is 1.73. The van der Waals surface area contributed by atoms with Crippen molar-refractivity contribution in [1.29, 1.82) is 0 Å². The van der Waals surface area contributed by atoms with Crippen LogP contribution in [0.25, 0.3) is 11.3 Å². The van der Waals surface area contributed by atoms with Crippen LogP contribution in [0.15, 0.2) is 18.5 Å². The van der Waals surface area contributed by atoms with Crippen molar-refractivity contribution in [3.63, 3.8) is 0 Å². The van der Waals surface area contributed by atoms with E-state index in [9.17, 15) is 0 Å². The number of methoxy groups -OCH3 is 1. The van der Waals surface area contributed by atoms with Gasteiger partial charge in [-0.2, -0.15) is 10.1 Å². The Labute approximate surface area is 81.2 Å². The SMILES string of the molecule is COc1cc(-c2cn[nH]c2)nc(C)n1. The number of aromatic amines is 1. The zero-order valence-corrected chi connectivity index (χ0v) is 7.98. The molecule has 0 aromatic carbocycles. The molecule has 0 aliphatic rings. The van der Waals surface area contributed by atoms with E-state index in [2.05, 4.69) is 20.2 Å². The predicted molar refractivity (Wildman–Crippen MR) is 50.9 cm³/mol. The first kappa shape index (κ1) is 8.68. The van der Waals surface area contributed by atoms with Gasteiger partial charge in [0.2, 0.25) is 5.88 Å². The number of nitrogens with one attached hydrogen (secondary N) is 1. The topological polar surface area (TPSA) is 63.7 Å². The molecule has 2 aromatic rings. The molecule has 0 fully saturated rings. The molecule has 0 aliphatic carbocycles. The van der Waals surface area contributed by atoms with Gasteiger partial charge < -0.3 is 4.74 Å². The van der Waals surface area contributed by atoms with Crippen LogP contribution in [0.5, 0.6) is 5.88 Å². The molecule has 5 nitrogen and oxygen atoms in total. The number of ether oxygens (including phenoxy) is 1. The summed E-state index contributed by atoms with van der Waals surface area (Å²) in [5, 5.41) is 6.59. The molecule has 0 saturated carbocycles. The van der Waals surface area contributed by atoms with Crippen molar-refractivity contribution in [3.8, 4) is 17.1 Å². The minimum absolute atomic E-state index is 0.564. The van der Waals surface area contributed by atoms with Crippen LogP contribution in [0.3, 0.4) is 0 Å². The Morgan fingerprint density at radius 3 is 2.86 bits per heavy atom. The molecule has 0 atom stereocenters. The van der Waals surface area contributed by atoms with Crippen LogP contribution in [-0.4, -0.2) is 27.3 Å². The molecular formula is C9H10N4O. The van der Waals surface area contributed by atoms with Crippen LogP contribution in [0, 0.1) is 6.92 Å². The summed E-state index contributed by atoms with van der Waals surface area (Å²) >= 11 is 0. The average molecular weight is 190 g/mol. The van der Waals surface area contributed by atoms with E-state index in [0.29, 0.717) is 11.7 Å². The lowest BCUT2D eigenvalue weighted by Crippen LogP contribution is -1.94. The number of hydrogen-bond donors (Lipinski definition) is 1. The number of nitrogens with zero attached hydrogens (tertiary/aromatic N) is 3. The van der Waals surface area contributed by atoms with E-state index in [1.54, 1.807) is 25.6 Å². The second kappa shape index (κ2) is 3.45. The Morgan fingerprint density at radius 2 is 2.21 bits per heavy atom. The van der Waals surface area contributed by atoms with Crippen molar-refractivity contribution in [2.75, 3.05) is 7.11 Å². The van der Waals surface area contributed by atoms with Crippen LogP contribution in [-0.2, 0) is 0 Å². The van der Waals surface area contributed by atoms with E-state index in [1.165, 1.54) is 0 Å². The minimum atomic E-state index is 0.564. The summed E-state index contributed by atoms with van der Waals surface area (Å²) in [4.78, 5) is 8.37. The molecule has 72 valence electrons. The molecule has 0 amide bonds. The fourth-order valence-corrected chi connectivity index (χ4v) is 1.18. The second-order valence-corrected chi connectivity index (χ2v) is 2.83. The summed E-state index contributed by atoms with van der Waals surface area (Å²) in [5.74, 6) is 1.24. The van der Waals surface area contributed by atoms with E-state index in [4.69, 9.17) is 4.74 Å². The summed E-state index contributed by atoms with van der Waals surface area (Å²) in [7, 11) is 1.58. The zero-order valence-electron chi connectivity index (χ0n) is 7.98. The monoisotopic (exact) mass is 190 g/mol. The molecule has 14 heavy (non-hydrogen) atoms. The largest absolute Gasteiger partial charge is 0.481 e. The number of rotatable bonds is 2. The Hall–Kier alpha value is -1.91. The zero-order chi connectivity index (χ0) is 9.97. The maximum Gasteiger partial charge on any atom is 0.216 e. The third-order valence-electron chi connectivity index (χ3n) is 1.82. The highest BCUT2D eigenvalue weighted by atomic mass is 16.5. The third kappa shape index (κ3) is 1.56. The summed E-state index contributed by atoms with van der Waals surface area (Å²) in [6, 6.07) is 1.78. The summed E-state index contributed by atoms with van der Waals surface area (Å²) in [6.45, 7) is 1.83. The van der Waals surface area contributed by atoms with Gasteiger partial charge in [0.15, 0.2) is 0 Å². The molecule has 0 saturated heterocycles. The highest BCUT2D eigenvalue weighted by Gasteiger charge is 2.04. The summed E-state index contributed by atoms with van der Waals surface area (Å²) in [6.07, 6.45) is 3.49. The van der Waals surface area contributed by atoms with Crippen LogP contribution in [0.1, 0.15) is 5.82 Å². The van der Waals surface area contributed by atoms with E-state index in [0.717, 1.165) is 11.3 Å². The lowest BCUT2D eigenvalue weighted by Gasteiger charge is -2.02. The molecule has 5 heteroatoms. The first-order valence-electron chi connectivity index (χ1n) is 4.18. The van der Waals surface area contributed by atoms with Gasteiger partial charge in [0.05, 0.1) is 19.0 Å². The maximum absolute atomic E-state index is 5.05. The van der Waals surface area contributed by atoms with Gasteiger partial charge in [0, 0.05) is 17.8 Å². The van der Waals surface area contributed by atoms with Crippen molar-refractivity contribution in [2.45, 2.75) is 6.92 Å². The van der Waals surface area contributed by atoms with Gasteiger partial charge >= 0.3 is 0 Å². The van der Waals surface area contributed by atoms with E-state index in [1.807, 2.05) is 6.92 Å². The van der Waals surface area contributed by atoms with Crippen LogP contribution in [0.2, 0.25) is 0 Å². The Morgan fingerprint density at radius 1 is 1.36 bits per heavy atom. The molecule has 1 N–H and O–H groups in total. The average Bonchev–Trinajstić information content (AvgIpc) is 2.69. The fraction of sp³-hybridized carbons (Fsp3) is 0.222.